The Morgan fingerprint density at radius 3 is 2.88 bits per heavy atom. The first-order chi connectivity index (χ1) is 12.6. The van der Waals surface area contributed by atoms with Gasteiger partial charge in [0.25, 0.3) is 5.91 Å². The second-order valence-corrected chi connectivity index (χ2v) is 6.50. The Hall–Kier alpha value is -3.16. The lowest BCUT2D eigenvalue weighted by atomic mass is 10.0. The van der Waals surface area contributed by atoms with Crippen molar-refractivity contribution >= 4 is 11.7 Å². The molecular formula is C18H20N6O2. The van der Waals surface area contributed by atoms with Gasteiger partial charge in [0.1, 0.15) is 11.6 Å². The molecule has 2 atom stereocenters. The number of imidazole rings is 1. The van der Waals surface area contributed by atoms with Gasteiger partial charge in [0.2, 0.25) is 0 Å². The van der Waals surface area contributed by atoms with Crippen LogP contribution in [0.1, 0.15) is 28.0 Å². The van der Waals surface area contributed by atoms with Gasteiger partial charge in [-0.2, -0.15) is 0 Å². The van der Waals surface area contributed by atoms with Gasteiger partial charge >= 0.3 is 0 Å². The number of rotatable bonds is 4. The standard InChI is InChI=1S/C18H20N6O2/c1-12-19-6-5-17(21-12)22-15-10-24(18(25)16-4-3-7-26-16)8-13(15)14-9-23(2)11-20-14/h3-7,9,11,13,15H,8,10H2,1-2H3,(H,19,21,22)/t13-,15+/m0/s1. The summed E-state index contributed by atoms with van der Waals surface area (Å²) in [4.78, 5) is 27.5. The summed E-state index contributed by atoms with van der Waals surface area (Å²) in [6.07, 6.45) is 7.00. The maximum Gasteiger partial charge on any atom is 0.289 e. The number of hydrogen-bond donors (Lipinski definition) is 1. The van der Waals surface area contributed by atoms with Crippen LogP contribution in [-0.2, 0) is 7.05 Å². The molecule has 1 aliphatic rings. The van der Waals surface area contributed by atoms with E-state index in [2.05, 4.69) is 20.3 Å². The average Bonchev–Trinajstić information content (AvgIpc) is 3.34. The first-order valence-electron chi connectivity index (χ1n) is 8.47. The molecule has 134 valence electrons. The van der Waals surface area contributed by atoms with Crippen LogP contribution in [0.15, 0.2) is 47.6 Å². The molecule has 1 saturated heterocycles. The van der Waals surface area contributed by atoms with Gasteiger partial charge in [-0.05, 0) is 25.1 Å². The smallest absolute Gasteiger partial charge is 0.289 e. The van der Waals surface area contributed by atoms with Gasteiger partial charge in [-0.1, -0.05) is 0 Å². The zero-order valence-corrected chi connectivity index (χ0v) is 14.7. The molecule has 0 spiro atoms. The van der Waals surface area contributed by atoms with Crippen LogP contribution < -0.4 is 5.32 Å². The highest BCUT2D eigenvalue weighted by molar-refractivity contribution is 5.91. The average molecular weight is 352 g/mol. The van der Waals surface area contributed by atoms with Crippen molar-refractivity contribution in [3.63, 3.8) is 0 Å². The van der Waals surface area contributed by atoms with Crippen molar-refractivity contribution in [3.05, 3.63) is 60.5 Å². The quantitative estimate of drug-likeness (QED) is 0.771. The van der Waals surface area contributed by atoms with Crippen LogP contribution in [0.25, 0.3) is 0 Å². The Bertz CT molecular complexity index is 904. The van der Waals surface area contributed by atoms with E-state index in [0.717, 1.165) is 11.5 Å². The second-order valence-electron chi connectivity index (χ2n) is 6.50. The number of aromatic nitrogens is 4. The lowest BCUT2D eigenvalue weighted by Gasteiger charge is -2.18. The minimum atomic E-state index is -0.112. The van der Waals surface area contributed by atoms with Crippen molar-refractivity contribution in [2.75, 3.05) is 18.4 Å². The van der Waals surface area contributed by atoms with E-state index in [1.165, 1.54) is 6.26 Å². The van der Waals surface area contributed by atoms with Crippen LogP contribution in [-0.4, -0.2) is 49.5 Å². The third-order valence-electron chi connectivity index (χ3n) is 4.55. The van der Waals surface area contributed by atoms with E-state index in [9.17, 15) is 4.79 Å². The minimum absolute atomic E-state index is 0.00175. The molecule has 26 heavy (non-hydrogen) atoms. The molecule has 1 fully saturated rings. The Kier molecular flexibility index (Phi) is 4.16. The molecular weight excluding hydrogens is 332 g/mol. The molecule has 0 aromatic carbocycles. The molecule has 3 aromatic rings. The maximum atomic E-state index is 12.7. The van der Waals surface area contributed by atoms with Crippen molar-refractivity contribution in [2.24, 2.45) is 7.05 Å². The zero-order chi connectivity index (χ0) is 18.1. The SMILES string of the molecule is Cc1nccc(N[C@@H]2CN(C(=O)c3ccco3)C[C@H]2c2cn(C)cn2)n1. The van der Waals surface area contributed by atoms with Crippen molar-refractivity contribution < 1.29 is 9.21 Å². The topological polar surface area (TPSA) is 89.1 Å². The molecule has 8 nitrogen and oxygen atoms in total. The van der Waals surface area contributed by atoms with Crippen LogP contribution in [0.2, 0.25) is 0 Å². The van der Waals surface area contributed by atoms with Crippen LogP contribution in [0.5, 0.6) is 0 Å². The highest BCUT2D eigenvalue weighted by Gasteiger charge is 2.38. The van der Waals surface area contributed by atoms with E-state index in [-0.39, 0.29) is 17.9 Å². The summed E-state index contributed by atoms with van der Waals surface area (Å²) in [5, 5.41) is 3.44. The van der Waals surface area contributed by atoms with E-state index < -0.39 is 0 Å². The normalized spacial score (nSPS) is 19.7. The zero-order valence-electron chi connectivity index (χ0n) is 14.7. The van der Waals surface area contributed by atoms with Crippen LogP contribution in [0.3, 0.4) is 0 Å². The molecule has 0 bridgehead atoms. The number of amides is 1. The summed E-state index contributed by atoms with van der Waals surface area (Å²) < 4.78 is 7.18. The molecule has 1 aliphatic heterocycles. The van der Waals surface area contributed by atoms with Gasteiger partial charge in [-0.3, -0.25) is 4.79 Å². The molecule has 0 radical (unpaired) electrons. The fraction of sp³-hybridized carbons (Fsp3) is 0.333. The lowest BCUT2D eigenvalue weighted by molar-refractivity contribution is 0.0758. The minimum Gasteiger partial charge on any atom is -0.459 e. The predicted molar refractivity (Wildman–Crippen MR) is 94.7 cm³/mol. The Labute approximate surface area is 150 Å². The third kappa shape index (κ3) is 3.17. The number of likely N-dealkylation sites (tertiary alicyclic amines) is 1. The fourth-order valence-corrected chi connectivity index (χ4v) is 3.32. The van der Waals surface area contributed by atoms with Crippen LogP contribution in [0, 0.1) is 6.92 Å². The third-order valence-corrected chi connectivity index (χ3v) is 4.55. The summed E-state index contributed by atoms with van der Waals surface area (Å²) in [6.45, 7) is 2.96. The second kappa shape index (κ2) is 6.62. The largest absolute Gasteiger partial charge is 0.459 e. The first-order valence-corrected chi connectivity index (χ1v) is 8.47. The van der Waals surface area contributed by atoms with Crippen molar-refractivity contribution in [3.8, 4) is 0 Å². The first kappa shape index (κ1) is 16.3. The van der Waals surface area contributed by atoms with E-state index in [1.54, 1.807) is 29.6 Å². The lowest BCUT2D eigenvalue weighted by Crippen LogP contribution is -2.31. The number of aryl methyl sites for hydroxylation is 2. The Morgan fingerprint density at radius 1 is 1.31 bits per heavy atom. The van der Waals surface area contributed by atoms with Gasteiger partial charge < -0.3 is 19.2 Å². The number of hydrogen-bond acceptors (Lipinski definition) is 6. The summed E-state index contributed by atoms with van der Waals surface area (Å²) in [6, 6.07) is 5.24. The summed E-state index contributed by atoms with van der Waals surface area (Å²) in [5.41, 5.74) is 0.950. The number of carbonyl (C=O) groups excluding carboxylic acids is 1. The molecule has 1 amide bonds. The monoisotopic (exact) mass is 352 g/mol. The fourth-order valence-electron chi connectivity index (χ4n) is 3.32. The maximum absolute atomic E-state index is 12.7. The summed E-state index contributed by atoms with van der Waals surface area (Å²) >= 11 is 0. The van der Waals surface area contributed by atoms with E-state index in [4.69, 9.17) is 4.42 Å². The highest BCUT2D eigenvalue weighted by Crippen LogP contribution is 2.29. The molecule has 8 heteroatoms. The van der Waals surface area contributed by atoms with Gasteiger partial charge in [0.15, 0.2) is 5.76 Å². The Balaban J connectivity index is 1.59. The molecule has 0 saturated carbocycles. The molecule has 4 rings (SSSR count). The van der Waals surface area contributed by atoms with Crippen molar-refractivity contribution in [1.82, 2.24) is 24.4 Å². The highest BCUT2D eigenvalue weighted by atomic mass is 16.3. The van der Waals surface area contributed by atoms with Crippen molar-refractivity contribution in [1.29, 1.82) is 0 Å². The molecule has 1 N–H and O–H groups in total. The number of carbonyl (C=O) groups is 1. The van der Waals surface area contributed by atoms with E-state index in [0.29, 0.717) is 24.7 Å². The number of nitrogens with zero attached hydrogens (tertiary/aromatic N) is 5. The Morgan fingerprint density at radius 2 is 2.19 bits per heavy atom. The van der Waals surface area contributed by atoms with Crippen LogP contribution in [0.4, 0.5) is 5.82 Å². The van der Waals surface area contributed by atoms with E-state index >= 15 is 0 Å². The summed E-state index contributed by atoms with van der Waals surface area (Å²) in [7, 11) is 1.94. The number of nitrogens with one attached hydrogen (secondary N) is 1. The number of furan rings is 1. The predicted octanol–water partition coefficient (Wildman–Crippen LogP) is 1.83. The van der Waals surface area contributed by atoms with Gasteiger partial charge in [0.05, 0.1) is 24.3 Å². The molecule has 3 aromatic heterocycles. The van der Waals surface area contributed by atoms with Gasteiger partial charge in [-0.15, -0.1) is 0 Å². The van der Waals surface area contributed by atoms with Gasteiger partial charge in [-0.25, -0.2) is 15.0 Å². The van der Waals surface area contributed by atoms with Gasteiger partial charge in [0, 0.05) is 38.4 Å². The molecule has 0 aliphatic carbocycles. The van der Waals surface area contributed by atoms with Crippen LogP contribution >= 0.6 is 0 Å². The number of anilines is 1. The molecule has 0 unspecified atom stereocenters. The van der Waals surface area contributed by atoms with Crippen molar-refractivity contribution in [2.45, 2.75) is 18.9 Å². The molecule has 4 heterocycles. The van der Waals surface area contributed by atoms with E-state index in [1.807, 2.05) is 30.8 Å². The summed E-state index contributed by atoms with van der Waals surface area (Å²) in [5.74, 6) is 1.74.